The van der Waals surface area contributed by atoms with Crippen molar-refractivity contribution in [3.05, 3.63) is 35.1 Å². The van der Waals surface area contributed by atoms with Crippen LogP contribution in [0.4, 0.5) is 0 Å². The fourth-order valence-electron chi connectivity index (χ4n) is 1.45. The van der Waals surface area contributed by atoms with Crippen LogP contribution in [0.3, 0.4) is 0 Å². The van der Waals surface area contributed by atoms with Gasteiger partial charge in [-0.25, -0.2) is 4.68 Å². The lowest BCUT2D eigenvalue weighted by Gasteiger charge is -1.99. The molecule has 0 aliphatic carbocycles. The van der Waals surface area contributed by atoms with Crippen molar-refractivity contribution in [2.24, 2.45) is 0 Å². The molecule has 94 valence electrons. The Bertz CT molecular complexity index is 591. The number of hydrogen-bond donors (Lipinski definition) is 0. The monoisotopic (exact) mass is 264 g/mol. The molecule has 0 saturated heterocycles. The number of esters is 1. The Morgan fingerprint density at radius 3 is 2.72 bits per heavy atom. The zero-order chi connectivity index (χ0) is 13.0. The summed E-state index contributed by atoms with van der Waals surface area (Å²) in [4.78, 5) is 11.0. The molecule has 1 heterocycles. The van der Waals surface area contributed by atoms with Crippen molar-refractivity contribution in [2.45, 2.75) is 13.0 Å². The Labute approximate surface area is 109 Å². The maximum absolute atomic E-state index is 11.0. The number of rotatable bonds is 4. The van der Waals surface area contributed by atoms with Crippen molar-refractivity contribution in [1.29, 1.82) is 0 Å². The molecule has 1 aromatic heterocycles. The van der Waals surface area contributed by atoms with Gasteiger partial charge in [0.2, 0.25) is 4.77 Å². The minimum atomic E-state index is -0.300. The summed E-state index contributed by atoms with van der Waals surface area (Å²) in [6, 6.07) is 9.47. The summed E-state index contributed by atoms with van der Waals surface area (Å²) in [5.41, 5.74) is 0.840. The van der Waals surface area contributed by atoms with E-state index in [1.54, 1.807) is 4.68 Å². The highest BCUT2D eigenvalue weighted by Gasteiger charge is 2.07. The fourth-order valence-corrected chi connectivity index (χ4v) is 1.71. The summed E-state index contributed by atoms with van der Waals surface area (Å²) >= 11 is 5.24. The highest BCUT2D eigenvalue weighted by molar-refractivity contribution is 7.71. The van der Waals surface area contributed by atoms with Gasteiger partial charge in [0, 0.05) is 0 Å². The Balaban J connectivity index is 2.20. The topological polar surface area (TPSA) is 61.9 Å². The Morgan fingerprint density at radius 2 is 2.06 bits per heavy atom. The van der Waals surface area contributed by atoms with Gasteiger partial charge in [-0.1, -0.05) is 18.2 Å². The molecule has 0 radical (unpaired) electrons. The minimum absolute atomic E-state index is 0.221. The molecule has 0 amide bonds. The maximum atomic E-state index is 11.0. The van der Waals surface area contributed by atoms with E-state index in [9.17, 15) is 4.79 Å². The van der Waals surface area contributed by atoms with Gasteiger partial charge in [0.1, 0.15) is 0 Å². The van der Waals surface area contributed by atoms with Crippen LogP contribution in [0.1, 0.15) is 6.42 Å². The van der Waals surface area contributed by atoms with Crippen LogP contribution in [-0.4, -0.2) is 32.9 Å². The van der Waals surface area contributed by atoms with Gasteiger partial charge >= 0.3 is 5.97 Å². The molecule has 0 aliphatic heterocycles. The average Bonchev–Trinajstić information content (AvgIpc) is 2.78. The number of aromatic nitrogens is 4. The van der Waals surface area contributed by atoms with Gasteiger partial charge in [0.15, 0.2) is 0 Å². The second-order valence-corrected chi connectivity index (χ2v) is 3.92. The molecule has 0 fully saturated rings. The van der Waals surface area contributed by atoms with Crippen molar-refractivity contribution in [2.75, 3.05) is 7.11 Å². The van der Waals surface area contributed by atoms with Crippen molar-refractivity contribution in [1.82, 2.24) is 19.8 Å². The number of tetrazole rings is 1. The zero-order valence-corrected chi connectivity index (χ0v) is 10.6. The summed E-state index contributed by atoms with van der Waals surface area (Å²) in [6.45, 7) is 0.359. The number of methoxy groups -OCH3 is 1. The van der Waals surface area contributed by atoms with Crippen LogP contribution in [-0.2, 0) is 16.1 Å². The van der Waals surface area contributed by atoms with Gasteiger partial charge in [-0.2, -0.15) is 4.68 Å². The summed E-state index contributed by atoms with van der Waals surface area (Å²) < 4.78 is 8.06. The quantitative estimate of drug-likeness (QED) is 0.616. The van der Waals surface area contributed by atoms with Crippen molar-refractivity contribution >= 4 is 18.2 Å². The molecular formula is C11H12N4O2S. The van der Waals surface area contributed by atoms with Crippen molar-refractivity contribution in [3.63, 3.8) is 0 Å². The second kappa shape index (κ2) is 5.54. The van der Waals surface area contributed by atoms with Crippen LogP contribution in [0, 0.1) is 4.77 Å². The molecule has 0 N–H and O–H groups in total. The summed E-state index contributed by atoms with van der Waals surface area (Å²) in [7, 11) is 1.35. The van der Waals surface area contributed by atoms with Crippen LogP contribution >= 0.6 is 12.2 Å². The number of para-hydroxylation sites is 1. The van der Waals surface area contributed by atoms with E-state index in [1.165, 1.54) is 11.8 Å². The molecule has 2 rings (SSSR count). The third-order valence-corrected chi connectivity index (χ3v) is 2.78. The van der Waals surface area contributed by atoms with Gasteiger partial charge in [0.05, 0.1) is 25.8 Å². The first-order valence-electron chi connectivity index (χ1n) is 5.37. The zero-order valence-electron chi connectivity index (χ0n) is 9.81. The molecule has 0 atom stereocenters. The standard InChI is InChI=1S/C11H12N4O2S/c1-17-10(16)7-8-14-11(18)15(13-12-14)9-5-3-2-4-6-9/h2-6H,7-8H2,1H3. The Hall–Kier alpha value is -2.02. The number of carbonyl (C=O) groups is 1. The van der Waals surface area contributed by atoms with E-state index in [0.717, 1.165) is 5.69 Å². The molecule has 0 saturated carbocycles. The largest absolute Gasteiger partial charge is 0.469 e. The summed E-state index contributed by atoms with van der Waals surface area (Å²) in [6.07, 6.45) is 0.221. The molecular weight excluding hydrogens is 252 g/mol. The van der Waals surface area contributed by atoms with Crippen LogP contribution in [0.25, 0.3) is 5.69 Å². The number of nitrogens with zero attached hydrogens (tertiary/aromatic N) is 4. The molecule has 18 heavy (non-hydrogen) atoms. The van der Waals surface area contributed by atoms with Gasteiger partial charge in [-0.3, -0.25) is 4.79 Å². The molecule has 0 aliphatic rings. The van der Waals surface area contributed by atoms with Crippen LogP contribution < -0.4 is 0 Å². The average molecular weight is 264 g/mol. The molecule has 0 spiro atoms. The first-order valence-corrected chi connectivity index (χ1v) is 5.78. The number of carbonyl (C=O) groups excluding carboxylic acids is 1. The lowest BCUT2D eigenvalue weighted by Crippen LogP contribution is -2.08. The highest BCUT2D eigenvalue weighted by atomic mass is 32.1. The first kappa shape index (κ1) is 12.4. The number of hydrogen-bond acceptors (Lipinski definition) is 5. The smallest absolute Gasteiger partial charge is 0.307 e. The Morgan fingerprint density at radius 1 is 1.33 bits per heavy atom. The molecule has 6 nitrogen and oxygen atoms in total. The van der Waals surface area contributed by atoms with E-state index in [1.807, 2.05) is 30.3 Å². The Kier molecular flexibility index (Phi) is 3.83. The molecule has 1 aromatic carbocycles. The number of ether oxygens (including phenoxy) is 1. The lowest BCUT2D eigenvalue weighted by atomic mass is 10.3. The SMILES string of the molecule is COC(=O)CCn1nnn(-c2ccccc2)c1=S. The molecule has 7 heteroatoms. The molecule has 2 aromatic rings. The number of benzene rings is 1. The third kappa shape index (κ3) is 2.62. The van der Waals surface area contributed by atoms with E-state index in [-0.39, 0.29) is 12.4 Å². The van der Waals surface area contributed by atoms with Gasteiger partial charge < -0.3 is 4.74 Å². The normalized spacial score (nSPS) is 10.3. The van der Waals surface area contributed by atoms with Gasteiger partial charge in [-0.15, -0.1) is 0 Å². The summed E-state index contributed by atoms with van der Waals surface area (Å²) in [5, 5.41) is 7.88. The van der Waals surface area contributed by atoms with Crippen LogP contribution in [0.2, 0.25) is 0 Å². The number of aryl methyl sites for hydroxylation is 1. The third-order valence-electron chi connectivity index (χ3n) is 2.40. The van der Waals surface area contributed by atoms with E-state index < -0.39 is 0 Å². The van der Waals surface area contributed by atoms with E-state index >= 15 is 0 Å². The predicted molar refractivity (Wildman–Crippen MR) is 66.8 cm³/mol. The van der Waals surface area contributed by atoms with Gasteiger partial charge in [-0.05, 0) is 34.8 Å². The molecule has 0 bridgehead atoms. The highest BCUT2D eigenvalue weighted by Crippen LogP contribution is 2.05. The van der Waals surface area contributed by atoms with Gasteiger partial charge in [0.25, 0.3) is 0 Å². The lowest BCUT2D eigenvalue weighted by molar-refractivity contribution is -0.140. The van der Waals surface area contributed by atoms with E-state index in [4.69, 9.17) is 12.2 Å². The predicted octanol–water partition coefficient (Wildman–Crippen LogP) is 1.36. The van der Waals surface area contributed by atoms with Crippen molar-refractivity contribution < 1.29 is 9.53 Å². The van der Waals surface area contributed by atoms with E-state index in [2.05, 4.69) is 15.2 Å². The summed E-state index contributed by atoms with van der Waals surface area (Å²) in [5.74, 6) is -0.300. The van der Waals surface area contributed by atoms with E-state index in [0.29, 0.717) is 11.3 Å². The molecule has 0 unspecified atom stereocenters. The minimum Gasteiger partial charge on any atom is -0.469 e. The second-order valence-electron chi connectivity index (χ2n) is 3.56. The van der Waals surface area contributed by atoms with Crippen LogP contribution in [0.15, 0.2) is 30.3 Å². The first-order chi connectivity index (χ1) is 8.72. The van der Waals surface area contributed by atoms with Crippen molar-refractivity contribution in [3.8, 4) is 5.69 Å². The van der Waals surface area contributed by atoms with Crippen LogP contribution in [0.5, 0.6) is 0 Å². The fraction of sp³-hybridized carbons (Fsp3) is 0.273. The maximum Gasteiger partial charge on any atom is 0.307 e.